The highest BCUT2D eigenvalue weighted by Gasteiger charge is 2.17. The minimum Gasteiger partial charge on any atom is -0.493 e. The molecule has 2 N–H and O–H groups in total. The third kappa shape index (κ3) is 4.54. The van der Waals surface area contributed by atoms with Crippen LogP contribution in [0.3, 0.4) is 0 Å². The number of nitrogens with one attached hydrogen (secondary N) is 2. The van der Waals surface area contributed by atoms with Crippen LogP contribution in [0.5, 0.6) is 17.2 Å². The average Bonchev–Trinajstić information content (AvgIpc) is 2.55. The van der Waals surface area contributed by atoms with Crippen LogP contribution in [-0.4, -0.2) is 46.2 Å². The molecule has 0 aromatic heterocycles. The van der Waals surface area contributed by atoms with Crippen LogP contribution >= 0.6 is 0 Å². The Kier molecular flexibility index (Phi) is 7.01. The van der Waals surface area contributed by atoms with Crippen molar-refractivity contribution in [3.05, 3.63) is 17.7 Å². The number of benzene rings is 1. The SMILES string of the molecule is CCCNC(=O)CNC(=O)c1cc(OC)c(OC)c(OC)c1. The Morgan fingerprint density at radius 2 is 1.59 bits per heavy atom. The van der Waals surface area contributed by atoms with E-state index in [1.54, 1.807) is 0 Å². The van der Waals surface area contributed by atoms with E-state index in [4.69, 9.17) is 14.2 Å². The van der Waals surface area contributed by atoms with Crippen molar-refractivity contribution in [3.8, 4) is 17.2 Å². The number of methoxy groups -OCH3 is 3. The maximum absolute atomic E-state index is 12.1. The molecule has 0 aliphatic rings. The number of carbonyl (C=O) groups is 2. The van der Waals surface area contributed by atoms with Gasteiger partial charge < -0.3 is 24.8 Å². The zero-order valence-electron chi connectivity index (χ0n) is 13.3. The van der Waals surface area contributed by atoms with Crippen molar-refractivity contribution in [1.82, 2.24) is 10.6 Å². The fraction of sp³-hybridized carbons (Fsp3) is 0.467. The van der Waals surface area contributed by atoms with Gasteiger partial charge in [-0.3, -0.25) is 9.59 Å². The van der Waals surface area contributed by atoms with Crippen molar-refractivity contribution < 1.29 is 23.8 Å². The van der Waals surface area contributed by atoms with Crippen molar-refractivity contribution in [2.24, 2.45) is 0 Å². The summed E-state index contributed by atoms with van der Waals surface area (Å²) in [5, 5.41) is 5.22. The molecule has 0 atom stereocenters. The summed E-state index contributed by atoms with van der Waals surface area (Å²) in [6.45, 7) is 2.45. The largest absolute Gasteiger partial charge is 0.493 e. The van der Waals surface area contributed by atoms with Gasteiger partial charge in [-0.15, -0.1) is 0 Å². The highest BCUT2D eigenvalue weighted by atomic mass is 16.5. The van der Waals surface area contributed by atoms with Crippen LogP contribution in [-0.2, 0) is 4.79 Å². The van der Waals surface area contributed by atoms with Crippen molar-refractivity contribution in [3.63, 3.8) is 0 Å². The molecule has 1 aromatic carbocycles. The van der Waals surface area contributed by atoms with Crippen LogP contribution in [0.25, 0.3) is 0 Å². The highest BCUT2D eigenvalue weighted by Crippen LogP contribution is 2.38. The van der Waals surface area contributed by atoms with E-state index < -0.39 is 5.91 Å². The molecular weight excluding hydrogens is 288 g/mol. The molecule has 7 nitrogen and oxygen atoms in total. The Labute approximate surface area is 129 Å². The molecule has 0 aliphatic heterocycles. The molecule has 0 bridgehead atoms. The van der Waals surface area contributed by atoms with Gasteiger partial charge in [0.2, 0.25) is 11.7 Å². The van der Waals surface area contributed by atoms with Crippen LogP contribution < -0.4 is 24.8 Å². The van der Waals surface area contributed by atoms with E-state index in [1.165, 1.54) is 33.5 Å². The van der Waals surface area contributed by atoms with E-state index >= 15 is 0 Å². The number of amides is 2. The number of ether oxygens (including phenoxy) is 3. The second-order valence-electron chi connectivity index (χ2n) is 4.45. The minimum absolute atomic E-state index is 0.0878. The normalized spacial score (nSPS) is 9.82. The van der Waals surface area contributed by atoms with E-state index in [1.807, 2.05) is 6.92 Å². The van der Waals surface area contributed by atoms with Crippen LogP contribution in [0.15, 0.2) is 12.1 Å². The summed E-state index contributed by atoms with van der Waals surface area (Å²) in [5.41, 5.74) is 0.317. The maximum Gasteiger partial charge on any atom is 0.251 e. The van der Waals surface area contributed by atoms with Gasteiger partial charge in [0.1, 0.15) is 0 Å². The Morgan fingerprint density at radius 3 is 2.05 bits per heavy atom. The maximum atomic E-state index is 12.1. The molecule has 0 unspecified atom stereocenters. The predicted octanol–water partition coefficient (Wildman–Crippen LogP) is 0.968. The summed E-state index contributed by atoms with van der Waals surface area (Å²) in [5.74, 6) is 0.528. The van der Waals surface area contributed by atoms with Gasteiger partial charge in [-0.05, 0) is 18.6 Å². The van der Waals surface area contributed by atoms with Gasteiger partial charge in [0.15, 0.2) is 11.5 Å². The molecule has 1 rings (SSSR count). The second-order valence-corrected chi connectivity index (χ2v) is 4.45. The molecule has 22 heavy (non-hydrogen) atoms. The molecule has 0 spiro atoms. The van der Waals surface area contributed by atoms with Gasteiger partial charge >= 0.3 is 0 Å². The first-order chi connectivity index (χ1) is 10.6. The molecule has 0 radical (unpaired) electrons. The number of rotatable bonds is 8. The molecule has 2 amide bonds. The highest BCUT2D eigenvalue weighted by molar-refractivity contribution is 5.97. The molecule has 0 saturated carbocycles. The fourth-order valence-electron chi connectivity index (χ4n) is 1.80. The van der Waals surface area contributed by atoms with E-state index in [-0.39, 0.29) is 12.5 Å². The number of hydrogen-bond acceptors (Lipinski definition) is 5. The lowest BCUT2D eigenvalue weighted by Crippen LogP contribution is -2.37. The molecular formula is C15H22N2O5. The quantitative estimate of drug-likeness (QED) is 0.747. The smallest absolute Gasteiger partial charge is 0.251 e. The van der Waals surface area contributed by atoms with Crippen molar-refractivity contribution >= 4 is 11.8 Å². The third-order valence-corrected chi connectivity index (χ3v) is 2.91. The van der Waals surface area contributed by atoms with Crippen LogP contribution in [0.1, 0.15) is 23.7 Å². The van der Waals surface area contributed by atoms with Crippen molar-refractivity contribution in [1.29, 1.82) is 0 Å². The molecule has 0 heterocycles. The third-order valence-electron chi connectivity index (χ3n) is 2.91. The topological polar surface area (TPSA) is 85.9 Å². The second kappa shape index (κ2) is 8.76. The molecule has 1 aromatic rings. The lowest BCUT2D eigenvalue weighted by atomic mass is 10.1. The van der Waals surface area contributed by atoms with E-state index in [2.05, 4.69) is 10.6 Å². The van der Waals surface area contributed by atoms with Crippen molar-refractivity contribution in [2.45, 2.75) is 13.3 Å². The summed E-state index contributed by atoms with van der Waals surface area (Å²) < 4.78 is 15.6. The zero-order valence-corrected chi connectivity index (χ0v) is 13.3. The fourth-order valence-corrected chi connectivity index (χ4v) is 1.80. The molecule has 0 saturated heterocycles. The van der Waals surface area contributed by atoms with Gasteiger partial charge in [0, 0.05) is 12.1 Å². The van der Waals surface area contributed by atoms with E-state index in [9.17, 15) is 9.59 Å². The number of carbonyl (C=O) groups excluding carboxylic acids is 2. The lowest BCUT2D eigenvalue weighted by molar-refractivity contribution is -0.120. The summed E-state index contributed by atoms with van der Waals surface area (Å²) in [7, 11) is 4.42. The first-order valence-electron chi connectivity index (χ1n) is 6.92. The van der Waals surface area contributed by atoms with Crippen LogP contribution in [0.4, 0.5) is 0 Å². The molecule has 122 valence electrons. The van der Waals surface area contributed by atoms with Gasteiger partial charge in [0.25, 0.3) is 5.91 Å². The summed E-state index contributed by atoms with van der Waals surface area (Å²) in [4.78, 5) is 23.6. The monoisotopic (exact) mass is 310 g/mol. The molecule has 7 heteroatoms. The summed E-state index contributed by atoms with van der Waals surface area (Å²) in [6, 6.07) is 3.06. The summed E-state index contributed by atoms with van der Waals surface area (Å²) >= 11 is 0. The Bertz CT molecular complexity index is 506. The van der Waals surface area contributed by atoms with Crippen LogP contribution in [0.2, 0.25) is 0 Å². The van der Waals surface area contributed by atoms with Gasteiger partial charge in [-0.1, -0.05) is 6.92 Å². The number of hydrogen-bond donors (Lipinski definition) is 2. The Balaban J connectivity index is 2.83. The van der Waals surface area contributed by atoms with Crippen LogP contribution in [0, 0.1) is 0 Å². The molecule has 0 aliphatic carbocycles. The Morgan fingerprint density at radius 1 is 1.00 bits per heavy atom. The van der Waals surface area contributed by atoms with E-state index in [0.29, 0.717) is 29.4 Å². The van der Waals surface area contributed by atoms with Gasteiger partial charge in [0.05, 0.1) is 27.9 Å². The standard InChI is InChI=1S/C15H22N2O5/c1-5-6-16-13(18)9-17-15(19)10-7-11(20-2)14(22-4)12(8-10)21-3/h7-8H,5-6,9H2,1-4H3,(H,16,18)(H,17,19). The lowest BCUT2D eigenvalue weighted by Gasteiger charge is -2.14. The summed E-state index contributed by atoms with van der Waals surface area (Å²) in [6.07, 6.45) is 0.840. The first-order valence-corrected chi connectivity index (χ1v) is 6.92. The average molecular weight is 310 g/mol. The minimum atomic E-state index is -0.397. The zero-order chi connectivity index (χ0) is 16.5. The van der Waals surface area contributed by atoms with Crippen molar-refractivity contribution in [2.75, 3.05) is 34.4 Å². The first kappa shape index (κ1) is 17.6. The molecule has 0 fully saturated rings. The van der Waals surface area contributed by atoms with Gasteiger partial charge in [-0.2, -0.15) is 0 Å². The Hall–Kier alpha value is -2.44. The van der Waals surface area contributed by atoms with E-state index in [0.717, 1.165) is 6.42 Å². The van der Waals surface area contributed by atoms with Gasteiger partial charge in [-0.25, -0.2) is 0 Å². The predicted molar refractivity (Wildman–Crippen MR) is 81.7 cm³/mol.